The van der Waals surface area contributed by atoms with Crippen LogP contribution in [-0.4, -0.2) is 42.4 Å². The largest absolute Gasteiger partial charge is 0.341 e. The summed E-state index contributed by atoms with van der Waals surface area (Å²) in [6, 6.07) is 10.4. The third-order valence-corrected chi connectivity index (χ3v) is 4.95. The van der Waals surface area contributed by atoms with Crippen molar-refractivity contribution in [1.82, 2.24) is 4.90 Å². The van der Waals surface area contributed by atoms with E-state index in [0.717, 1.165) is 18.8 Å². The van der Waals surface area contributed by atoms with Gasteiger partial charge in [-0.2, -0.15) is 11.8 Å². The summed E-state index contributed by atoms with van der Waals surface area (Å²) in [6.07, 6.45) is 2.04. The minimum atomic E-state index is 0.0953. The lowest BCUT2D eigenvalue weighted by Crippen LogP contribution is -2.35. The van der Waals surface area contributed by atoms with Gasteiger partial charge in [0.25, 0.3) is 0 Å². The normalized spacial score (nSPS) is 23.9. The van der Waals surface area contributed by atoms with E-state index in [-0.39, 0.29) is 11.8 Å². The van der Waals surface area contributed by atoms with Crippen LogP contribution in [0.15, 0.2) is 30.3 Å². The number of carbonyl (C=O) groups is 1. The highest BCUT2D eigenvalue weighted by Crippen LogP contribution is 2.32. The van der Waals surface area contributed by atoms with Crippen LogP contribution in [0.4, 0.5) is 0 Å². The van der Waals surface area contributed by atoms with E-state index in [1.165, 1.54) is 5.56 Å². The third-order valence-electron chi connectivity index (χ3n) is 4.12. The molecule has 1 amide bonds. The van der Waals surface area contributed by atoms with E-state index < -0.39 is 0 Å². The highest BCUT2D eigenvalue weighted by molar-refractivity contribution is 7.98. The van der Waals surface area contributed by atoms with Gasteiger partial charge in [0.2, 0.25) is 5.91 Å². The molecule has 0 saturated carbocycles. The van der Waals surface area contributed by atoms with E-state index >= 15 is 0 Å². The first-order valence-corrected chi connectivity index (χ1v) is 8.59. The molecule has 1 aliphatic rings. The molecule has 2 N–H and O–H groups in total. The van der Waals surface area contributed by atoms with Crippen LogP contribution in [0.1, 0.15) is 18.4 Å². The van der Waals surface area contributed by atoms with Gasteiger partial charge in [-0.1, -0.05) is 37.3 Å². The molecule has 110 valence electrons. The summed E-state index contributed by atoms with van der Waals surface area (Å²) >= 11 is 1.73. The highest BCUT2D eigenvalue weighted by atomic mass is 32.2. The van der Waals surface area contributed by atoms with Gasteiger partial charge in [-0.3, -0.25) is 4.79 Å². The van der Waals surface area contributed by atoms with Crippen molar-refractivity contribution in [1.29, 1.82) is 0 Å². The topological polar surface area (TPSA) is 46.3 Å². The number of benzene rings is 1. The minimum absolute atomic E-state index is 0.0953. The summed E-state index contributed by atoms with van der Waals surface area (Å²) in [5.74, 6) is 2.02. The molecule has 1 fully saturated rings. The summed E-state index contributed by atoms with van der Waals surface area (Å²) in [5.41, 5.74) is 7.22. The maximum absolute atomic E-state index is 12.4. The maximum Gasteiger partial charge on any atom is 0.226 e. The Morgan fingerprint density at radius 2 is 2.10 bits per heavy atom. The van der Waals surface area contributed by atoms with Crippen LogP contribution in [0, 0.1) is 11.8 Å². The zero-order valence-corrected chi connectivity index (χ0v) is 13.1. The number of likely N-dealkylation sites (tertiary alicyclic amines) is 1. The smallest absolute Gasteiger partial charge is 0.226 e. The third kappa shape index (κ3) is 3.36. The van der Waals surface area contributed by atoms with Crippen LogP contribution in [0.3, 0.4) is 0 Å². The Morgan fingerprint density at radius 3 is 2.70 bits per heavy atom. The molecule has 0 bridgehead atoms. The second-order valence-electron chi connectivity index (χ2n) is 5.61. The van der Waals surface area contributed by atoms with Crippen molar-refractivity contribution >= 4 is 17.7 Å². The molecule has 1 aliphatic heterocycles. The fourth-order valence-electron chi connectivity index (χ4n) is 3.00. The van der Waals surface area contributed by atoms with Crippen LogP contribution in [-0.2, 0) is 4.79 Å². The summed E-state index contributed by atoms with van der Waals surface area (Å²) in [6.45, 7) is 4.27. The Balaban J connectivity index is 2.08. The van der Waals surface area contributed by atoms with Crippen LogP contribution >= 0.6 is 11.8 Å². The summed E-state index contributed by atoms with van der Waals surface area (Å²) < 4.78 is 0. The van der Waals surface area contributed by atoms with E-state index in [2.05, 4.69) is 24.3 Å². The van der Waals surface area contributed by atoms with Crippen molar-refractivity contribution in [2.75, 3.05) is 31.6 Å². The number of rotatable bonds is 5. The molecule has 3 nitrogen and oxygen atoms in total. The zero-order chi connectivity index (χ0) is 14.5. The molecule has 20 heavy (non-hydrogen) atoms. The summed E-state index contributed by atoms with van der Waals surface area (Å²) in [4.78, 5) is 14.5. The van der Waals surface area contributed by atoms with Gasteiger partial charge in [0.1, 0.15) is 0 Å². The van der Waals surface area contributed by atoms with Gasteiger partial charge >= 0.3 is 0 Å². The van der Waals surface area contributed by atoms with Crippen molar-refractivity contribution in [3.05, 3.63) is 35.9 Å². The fourth-order valence-corrected chi connectivity index (χ4v) is 3.64. The van der Waals surface area contributed by atoms with Crippen LogP contribution in [0.5, 0.6) is 0 Å². The van der Waals surface area contributed by atoms with Crippen LogP contribution < -0.4 is 5.73 Å². The van der Waals surface area contributed by atoms with Gasteiger partial charge in [0.05, 0.1) is 0 Å². The second-order valence-corrected chi connectivity index (χ2v) is 6.52. The standard InChI is InChI=1S/C16H24N2OS/c1-12(11-20-2)16(19)18-9-14(8-17)15(10-18)13-6-4-3-5-7-13/h3-7,12,14-15H,8-11,17H2,1-2H3/t12?,14-,15+/m1/s1. The predicted octanol–water partition coefficient (Wildman–Crippen LogP) is 2.19. The number of hydrogen-bond donors (Lipinski definition) is 1. The van der Waals surface area contributed by atoms with Crippen LogP contribution in [0.25, 0.3) is 0 Å². The van der Waals surface area contributed by atoms with Gasteiger partial charge in [0, 0.05) is 30.7 Å². The van der Waals surface area contributed by atoms with Gasteiger partial charge in [0.15, 0.2) is 0 Å². The van der Waals surface area contributed by atoms with E-state index in [1.54, 1.807) is 11.8 Å². The first kappa shape index (κ1) is 15.4. The minimum Gasteiger partial charge on any atom is -0.341 e. The SMILES string of the molecule is CSCC(C)C(=O)N1C[C@@H](CN)[C@H](c2ccccc2)C1. The van der Waals surface area contributed by atoms with Crippen molar-refractivity contribution in [3.8, 4) is 0 Å². The van der Waals surface area contributed by atoms with Crippen molar-refractivity contribution < 1.29 is 4.79 Å². The lowest BCUT2D eigenvalue weighted by molar-refractivity contribution is -0.133. The first-order chi connectivity index (χ1) is 9.67. The molecule has 1 aromatic carbocycles. The van der Waals surface area contributed by atoms with Crippen molar-refractivity contribution in [3.63, 3.8) is 0 Å². The van der Waals surface area contributed by atoms with Gasteiger partial charge in [-0.25, -0.2) is 0 Å². The van der Waals surface area contributed by atoms with E-state index in [1.807, 2.05) is 24.1 Å². The van der Waals surface area contributed by atoms with E-state index in [4.69, 9.17) is 5.73 Å². The van der Waals surface area contributed by atoms with Crippen molar-refractivity contribution in [2.45, 2.75) is 12.8 Å². The Kier molecular flexibility index (Phi) is 5.49. The zero-order valence-electron chi connectivity index (χ0n) is 12.3. The average Bonchev–Trinajstić information content (AvgIpc) is 2.91. The molecule has 1 unspecified atom stereocenters. The summed E-state index contributed by atoms with van der Waals surface area (Å²) in [7, 11) is 0. The molecule has 1 saturated heterocycles. The molecule has 2 rings (SSSR count). The van der Waals surface area contributed by atoms with E-state index in [9.17, 15) is 4.79 Å². The number of thioether (sulfide) groups is 1. The average molecular weight is 292 g/mol. The first-order valence-electron chi connectivity index (χ1n) is 7.20. The quantitative estimate of drug-likeness (QED) is 0.905. The Morgan fingerprint density at radius 1 is 1.40 bits per heavy atom. The molecule has 3 atom stereocenters. The maximum atomic E-state index is 12.4. The number of carbonyl (C=O) groups excluding carboxylic acids is 1. The number of nitrogens with two attached hydrogens (primary N) is 1. The molecule has 0 aromatic heterocycles. The molecule has 0 spiro atoms. The molecule has 4 heteroatoms. The summed E-state index contributed by atoms with van der Waals surface area (Å²) in [5, 5.41) is 0. The lowest BCUT2D eigenvalue weighted by Gasteiger charge is -2.20. The Labute approximate surface area is 125 Å². The van der Waals surface area contributed by atoms with E-state index in [0.29, 0.717) is 18.4 Å². The monoisotopic (exact) mass is 292 g/mol. The Bertz CT molecular complexity index is 437. The Hall–Kier alpha value is -1.00. The molecule has 1 aromatic rings. The molecule has 0 aliphatic carbocycles. The van der Waals surface area contributed by atoms with Gasteiger partial charge in [-0.15, -0.1) is 0 Å². The predicted molar refractivity (Wildman–Crippen MR) is 85.9 cm³/mol. The molecular formula is C16H24N2OS. The molecule has 0 radical (unpaired) electrons. The van der Waals surface area contributed by atoms with Gasteiger partial charge < -0.3 is 10.6 Å². The molecular weight excluding hydrogens is 268 g/mol. The second kappa shape index (κ2) is 7.14. The number of nitrogens with zero attached hydrogens (tertiary/aromatic N) is 1. The number of hydrogen-bond acceptors (Lipinski definition) is 3. The highest BCUT2D eigenvalue weighted by Gasteiger charge is 2.36. The number of amides is 1. The lowest BCUT2D eigenvalue weighted by atomic mass is 9.89. The van der Waals surface area contributed by atoms with Gasteiger partial charge in [-0.05, 0) is 24.3 Å². The van der Waals surface area contributed by atoms with Crippen LogP contribution in [0.2, 0.25) is 0 Å². The fraction of sp³-hybridized carbons (Fsp3) is 0.562. The van der Waals surface area contributed by atoms with Crippen molar-refractivity contribution in [2.24, 2.45) is 17.6 Å². The molecule has 1 heterocycles.